The maximum absolute atomic E-state index is 13.7. The lowest BCUT2D eigenvalue weighted by Crippen LogP contribution is -2.34. The highest BCUT2D eigenvalue weighted by Gasteiger charge is 2.39. The quantitative estimate of drug-likeness (QED) is 0.136. The van der Waals surface area contributed by atoms with Crippen molar-refractivity contribution in [2.24, 2.45) is 11.3 Å². The number of rotatable bonds is 14. The summed E-state index contributed by atoms with van der Waals surface area (Å²) in [4.78, 5) is 20.9. The first-order chi connectivity index (χ1) is 21.8. The molecule has 0 bridgehead atoms. The molecule has 1 fully saturated rings. The number of imidazole rings is 1. The average Bonchev–Trinajstić information content (AvgIpc) is 3.71. The molecule has 240 valence electrons. The van der Waals surface area contributed by atoms with E-state index in [0.29, 0.717) is 24.4 Å². The number of aryl methyl sites for hydroxylation is 2. The Morgan fingerprint density at radius 3 is 2.58 bits per heavy atom. The van der Waals surface area contributed by atoms with E-state index in [1.165, 1.54) is 19.3 Å². The van der Waals surface area contributed by atoms with E-state index >= 15 is 0 Å². The van der Waals surface area contributed by atoms with Gasteiger partial charge in [0.25, 0.3) is 0 Å². The summed E-state index contributed by atoms with van der Waals surface area (Å²) in [5.41, 5.74) is 3.14. The molecule has 5 rings (SSSR count). The van der Waals surface area contributed by atoms with Gasteiger partial charge in [-0.2, -0.15) is 0 Å². The normalized spacial score (nSPS) is 15.3. The molecule has 0 radical (unpaired) electrons. The van der Waals surface area contributed by atoms with Gasteiger partial charge in [-0.25, -0.2) is 4.98 Å². The minimum Gasteiger partial charge on any atom is -0.460 e. The van der Waals surface area contributed by atoms with Gasteiger partial charge < -0.3 is 9.30 Å². The summed E-state index contributed by atoms with van der Waals surface area (Å²) in [6.07, 6.45) is 11.1. The molecule has 1 aliphatic rings. The third-order valence-electron chi connectivity index (χ3n) is 9.47. The van der Waals surface area contributed by atoms with Crippen LogP contribution in [-0.4, -0.2) is 48.5 Å². The zero-order valence-electron chi connectivity index (χ0n) is 27.2. The predicted molar refractivity (Wildman–Crippen MR) is 178 cm³/mol. The number of hydrogen-bond acceptors (Lipinski definition) is 6. The fourth-order valence-electron chi connectivity index (χ4n) is 6.40. The highest BCUT2D eigenvalue weighted by molar-refractivity contribution is 6.31. The van der Waals surface area contributed by atoms with Crippen LogP contribution in [0.2, 0.25) is 5.02 Å². The number of carbonyl (C=O) groups is 1. The van der Waals surface area contributed by atoms with Gasteiger partial charge in [-0.15, -0.1) is 5.10 Å². The summed E-state index contributed by atoms with van der Waals surface area (Å²) in [6.45, 7) is 13.0. The maximum atomic E-state index is 13.7. The van der Waals surface area contributed by atoms with Crippen molar-refractivity contribution in [3.05, 3.63) is 100 Å². The molecule has 8 nitrogen and oxygen atoms in total. The van der Waals surface area contributed by atoms with Gasteiger partial charge in [-0.05, 0) is 94.1 Å². The highest BCUT2D eigenvalue weighted by Crippen LogP contribution is 2.41. The Morgan fingerprint density at radius 1 is 1.09 bits per heavy atom. The van der Waals surface area contributed by atoms with Crippen molar-refractivity contribution in [3.63, 3.8) is 0 Å². The number of halogens is 1. The van der Waals surface area contributed by atoms with Crippen LogP contribution in [0.4, 0.5) is 0 Å². The van der Waals surface area contributed by atoms with Gasteiger partial charge in [-0.1, -0.05) is 72.6 Å². The van der Waals surface area contributed by atoms with Crippen molar-refractivity contribution in [3.8, 4) is 0 Å². The second-order valence-electron chi connectivity index (χ2n) is 12.9. The van der Waals surface area contributed by atoms with E-state index in [0.717, 1.165) is 60.3 Å². The molecule has 9 heteroatoms. The lowest BCUT2D eigenvalue weighted by Gasteiger charge is -2.33. The van der Waals surface area contributed by atoms with Crippen LogP contribution >= 0.6 is 11.6 Å². The maximum Gasteiger partial charge on any atom is 0.312 e. The van der Waals surface area contributed by atoms with E-state index in [-0.39, 0.29) is 18.5 Å². The number of likely N-dealkylation sites (tertiary alicyclic amines) is 1. The number of hydrogen-bond donors (Lipinski definition) is 0. The van der Waals surface area contributed by atoms with E-state index in [4.69, 9.17) is 21.3 Å². The molecule has 3 heterocycles. The Kier molecular flexibility index (Phi) is 11.1. The molecule has 0 aliphatic carbocycles. The third-order valence-corrected chi connectivity index (χ3v) is 9.84. The molecule has 45 heavy (non-hydrogen) atoms. The van der Waals surface area contributed by atoms with Crippen LogP contribution in [-0.2, 0) is 42.2 Å². The minimum absolute atomic E-state index is 0.134. The molecule has 0 amide bonds. The summed E-state index contributed by atoms with van der Waals surface area (Å²) >= 11 is 6.82. The Morgan fingerprint density at radius 2 is 1.87 bits per heavy atom. The van der Waals surface area contributed by atoms with Crippen LogP contribution in [0.3, 0.4) is 0 Å². The first-order valence-corrected chi connectivity index (χ1v) is 16.7. The van der Waals surface area contributed by atoms with E-state index in [9.17, 15) is 4.79 Å². The van der Waals surface area contributed by atoms with Crippen LogP contribution in [0, 0.1) is 11.3 Å². The number of carbonyl (C=O) groups excluding carboxylic acids is 1. The van der Waals surface area contributed by atoms with Gasteiger partial charge in [0.05, 0.1) is 24.2 Å². The van der Waals surface area contributed by atoms with E-state index < -0.39 is 5.41 Å². The molecule has 0 N–H and O–H groups in total. The van der Waals surface area contributed by atoms with Gasteiger partial charge in [0.2, 0.25) is 0 Å². The monoisotopic (exact) mass is 630 g/mol. The fourth-order valence-corrected chi connectivity index (χ4v) is 6.58. The lowest BCUT2D eigenvalue weighted by atomic mass is 9.72. The third kappa shape index (κ3) is 8.41. The Labute approximate surface area is 272 Å². The van der Waals surface area contributed by atoms with Gasteiger partial charge in [0.1, 0.15) is 12.4 Å². The van der Waals surface area contributed by atoms with Crippen molar-refractivity contribution in [2.75, 3.05) is 13.1 Å². The second-order valence-corrected chi connectivity index (χ2v) is 13.3. The predicted octanol–water partition coefficient (Wildman–Crippen LogP) is 7.30. The first-order valence-electron chi connectivity index (χ1n) is 16.4. The van der Waals surface area contributed by atoms with Crippen LogP contribution < -0.4 is 0 Å². The summed E-state index contributed by atoms with van der Waals surface area (Å²) in [7, 11) is 0. The van der Waals surface area contributed by atoms with Crippen LogP contribution in [0.25, 0.3) is 0 Å². The van der Waals surface area contributed by atoms with Gasteiger partial charge in [0, 0.05) is 30.2 Å². The fraction of sp³-hybridized carbons (Fsp3) is 0.500. The zero-order valence-corrected chi connectivity index (χ0v) is 27.9. The van der Waals surface area contributed by atoms with Crippen molar-refractivity contribution in [1.29, 1.82) is 0 Å². The van der Waals surface area contributed by atoms with Crippen molar-refractivity contribution in [1.82, 2.24) is 29.4 Å². The number of aromatic nitrogens is 5. The van der Waals surface area contributed by atoms with E-state index in [1.54, 1.807) is 0 Å². The van der Waals surface area contributed by atoms with Crippen LogP contribution in [0.1, 0.15) is 87.5 Å². The molecular weight excluding hydrogens is 584 g/mol. The van der Waals surface area contributed by atoms with E-state index in [1.807, 2.05) is 80.4 Å². The SMILES string of the molecule is CCC1CCN(Cc2nccn2Cc2cc(C(CCc3cn(CC)nn3)C(C)(C)C(=O)OCc3ccccc3)ccc2Cl)CC1. The first kappa shape index (κ1) is 32.9. The molecule has 1 saturated heterocycles. The van der Waals surface area contributed by atoms with Crippen LogP contribution in [0.5, 0.6) is 0 Å². The summed E-state index contributed by atoms with van der Waals surface area (Å²) < 4.78 is 9.93. The highest BCUT2D eigenvalue weighted by atomic mass is 35.5. The lowest BCUT2D eigenvalue weighted by molar-refractivity contribution is -0.156. The molecule has 2 aromatic heterocycles. The van der Waals surface area contributed by atoms with Gasteiger partial charge in [-0.3, -0.25) is 14.4 Å². The largest absolute Gasteiger partial charge is 0.460 e. The second kappa shape index (κ2) is 15.2. The zero-order chi connectivity index (χ0) is 31.8. The molecule has 1 aliphatic heterocycles. The van der Waals surface area contributed by atoms with Gasteiger partial charge in [0.15, 0.2) is 0 Å². The molecule has 0 saturated carbocycles. The topological polar surface area (TPSA) is 78.1 Å². The average molecular weight is 631 g/mol. The minimum atomic E-state index is -0.800. The molecule has 0 spiro atoms. The Balaban J connectivity index is 1.36. The smallest absolute Gasteiger partial charge is 0.312 e. The van der Waals surface area contributed by atoms with E-state index in [2.05, 4.69) is 38.8 Å². The molecule has 1 atom stereocenters. The number of benzene rings is 2. The number of esters is 1. The van der Waals surface area contributed by atoms with Crippen molar-refractivity contribution < 1.29 is 9.53 Å². The summed E-state index contributed by atoms with van der Waals surface area (Å²) in [6, 6.07) is 16.0. The van der Waals surface area contributed by atoms with Gasteiger partial charge >= 0.3 is 5.97 Å². The molecular formula is C36H47ClN6O2. The Hall–Kier alpha value is -3.49. The molecule has 1 unspecified atom stereocenters. The van der Waals surface area contributed by atoms with Crippen molar-refractivity contribution >= 4 is 17.6 Å². The number of nitrogens with zero attached hydrogens (tertiary/aromatic N) is 6. The van der Waals surface area contributed by atoms with Crippen molar-refractivity contribution in [2.45, 2.75) is 92.0 Å². The molecule has 2 aromatic carbocycles. The summed E-state index contributed by atoms with van der Waals surface area (Å²) in [5.74, 6) is 1.53. The number of piperidine rings is 1. The standard InChI is InChI=1S/C36H47ClN6O2/c1-5-27-16-19-41(20-17-27)25-34-38-18-21-42(34)23-30-22-29(12-15-33(30)37)32(14-13-31-24-43(6-2)40-39-31)36(3,4)35(44)45-26-28-10-8-7-9-11-28/h7-12,15,18,21-22,24,27,32H,5-6,13-14,16-17,19-20,23,25-26H2,1-4H3. The number of ether oxygens (including phenoxy) is 1. The van der Waals surface area contributed by atoms with Crippen LogP contribution in [0.15, 0.2) is 67.1 Å². The molecule has 4 aromatic rings. The Bertz CT molecular complexity index is 1520. The summed E-state index contributed by atoms with van der Waals surface area (Å²) in [5, 5.41) is 9.29.